The fourth-order valence-electron chi connectivity index (χ4n) is 3.45. The molecule has 0 aromatic heterocycles. The molecule has 2 rings (SSSR count). The zero-order valence-corrected chi connectivity index (χ0v) is 17.4. The van der Waals surface area contributed by atoms with E-state index in [9.17, 15) is 22.8 Å². The maximum absolute atomic E-state index is 13.3. The number of esters is 2. The van der Waals surface area contributed by atoms with Crippen molar-refractivity contribution in [3.8, 4) is 0 Å². The lowest BCUT2D eigenvalue weighted by molar-refractivity contribution is -0.173. The van der Waals surface area contributed by atoms with Gasteiger partial charge in [0.05, 0.1) is 13.2 Å². The van der Waals surface area contributed by atoms with E-state index in [0.29, 0.717) is 11.1 Å². The molecule has 2 aromatic rings. The molecule has 0 saturated carbocycles. The van der Waals surface area contributed by atoms with E-state index in [4.69, 9.17) is 9.47 Å². The third-order valence-electron chi connectivity index (χ3n) is 4.77. The monoisotopic (exact) mass is 434 g/mol. The second-order valence-electron chi connectivity index (χ2n) is 6.86. The predicted molar refractivity (Wildman–Crippen MR) is 110 cm³/mol. The Morgan fingerprint density at radius 3 is 1.81 bits per heavy atom. The van der Waals surface area contributed by atoms with Gasteiger partial charge in [-0.25, -0.2) is 0 Å². The topological polar surface area (TPSA) is 52.6 Å². The Labute approximate surface area is 179 Å². The first-order chi connectivity index (χ1) is 14.7. The summed E-state index contributed by atoms with van der Waals surface area (Å²) in [6.07, 6.45) is -3.93. The van der Waals surface area contributed by atoms with Crippen LogP contribution < -0.4 is 0 Å². The van der Waals surface area contributed by atoms with Gasteiger partial charge >= 0.3 is 18.1 Å². The number of ether oxygens (including phenoxy) is 2. The van der Waals surface area contributed by atoms with E-state index in [1.165, 1.54) is 0 Å². The lowest BCUT2D eigenvalue weighted by Gasteiger charge is -2.35. The van der Waals surface area contributed by atoms with Gasteiger partial charge in [-0.2, -0.15) is 13.2 Å². The Morgan fingerprint density at radius 1 is 0.871 bits per heavy atom. The first kappa shape index (κ1) is 24.2. The smallest absolute Gasteiger partial charge is 0.409 e. The molecule has 0 radical (unpaired) electrons. The number of allylic oxidation sites excluding steroid dienone is 2. The average Bonchev–Trinajstić information content (AvgIpc) is 2.74. The predicted octanol–water partition coefficient (Wildman–Crippen LogP) is 5.24. The van der Waals surface area contributed by atoms with E-state index < -0.39 is 29.4 Å². The highest BCUT2D eigenvalue weighted by molar-refractivity contribution is 6.02. The van der Waals surface area contributed by atoms with Crippen LogP contribution >= 0.6 is 0 Å². The van der Waals surface area contributed by atoms with Crippen molar-refractivity contribution in [3.63, 3.8) is 0 Å². The Kier molecular flexibility index (Phi) is 8.42. The van der Waals surface area contributed by atoms with Gasteiger partial charge in [0, 0.05) is 18.4 Å². The number of carbonyl (C=O) groups is 2. The molecule has 31 heavy (non-hydrogen) atoms. The summed E-state index contributed by atoms with van der Waals surface area (Å²) < 4.78 is 49.8. The van der Waals surface area contributed by atoms with Gasteiger partial charge in [-0.15, -0.1) is 0 Å². The van der Waals surface area contributed by atoms with Crippen LogP contribution in [0.5, 0.6) is 0 Å². The van der Waals surface area contributed by atoms with Crippen LogP contribution in [0.4, 0.5) is 13.2 Å². The first-order valence-corrected chi connectivity index (χ1v) is 9.94. The van der Waals surface area contributed by atoms with E-state index in [1.54, 1.807) is 74.5 Å². The molecule has 0 aliphatic rings. The van der Waals surface area contributed by atoms with E-state index in [1.807, 2.05) is 0 Å². The van der Waals surface area contributed by atoms with Crippen molar-refractivity contribution < 1.29 is 32.2 Å². The molecule has 2 aromatic carbocycles. The number of rotatable bonds is 9. The summed E-state index contributed by atoms with van der Waals surface area (Å²) in [4.78, 5) is 26.6. The molecule has 166 valence electrons. The van der Waals surface area contributed by atoms with Crippen molar-refractivity contribution in [2.75, 3.05) is 13.2 Å². The van der Waals surface area contributed by atoms with Crippen LogP contribution in [0.1, 0.15) is 30.9 Å². The summed E-state index contributed by atoms with van der Waals surface area (Å²) in [5.41, 5.74) is -1.10. The maximum atomic E-state index is 13.3. The minimum absolute atomic E-state index is 0.0424. The fourth-order valence-corrected chi connectivity index (χ4v) is 3.45. The van der Waals surface area contributed by atoms with Gasteiger partial charge in [0.15, 0.2) is 5.41 Å². The van der Waals surface area contributed by atoms with Crippen molar-refractivity contribution in [1.82, 2.24) is 0 Å². The number of halogens is 3. The minimum atomic E-state index is -4.63. The standard InChI is InChI=1S/C24H25F3O4/c1-3-30-21(28)23(22(29)31-4-2,17-18-11-7-5-8-12-18)20(15-16-24(25,26)27)19-13-9-6-10-14-19/h5-16,20H,3-4,17H2,1-2H3/b16-15+/t20-/m0/s1. The van der Waals surface area contributed by atoms with Crippen molar-refractivity contribution in [3.05, 3.63) is 83.9 Å². The van der Waals surface area contributed by atoms with Crippen molar-refractivity contribution >= 4 is 11.9 Å². The number of alkyl halides is 3. The Bertz CT molecular complexity index is 859. The Hall–Kier alpha value is -3.09. The lowest BCUT2D eigenvalue weighted by atomic mass is 9.68. The van der Waals surface area contributed by atoms with Gasteiger partial charge in [0.1, 0.15) is 0 Å². The molecule has 1 atom stereocenters. The quantitative estimate of drug-likeness (QED) is 0.308. The molecule has 0 heterocycles. The Morgan fingerprint density at radius 2 is 1.35 bits per heavy atom. The fraction of sp³-hybridized carbons (Fsp3) is 0.333. The number of carbonyl (C=O) groups excluding carboxylic acids is 2. The van der Waals surface area contributed by atoms with Crippen molar-refractivity contribution in [2.24, 2.45) is 5.41 Å². The SMILES string of the molecule is CCOC(=O)C(Cc1ccccc1)(C(=O)OCC)[C@@H](/C=C/C(F)(F)F)c1ccccc1. The highest BCUT2D eigenvalue weighted by atomic mass is 19.4. The highest BCUT2D eigenvalue weighted by Crippen LogP contribution is 2.43. The second-order valence-corrected chi connectivity index (χ2v) is 6.86. The molecule has 0 bridgehead atoms. The van der Waals surface area contributed by atoms with E-state index in [2.05, 4.69) is 0 Å². The van der Waals surface area contributed by atoms with Crippen LogP contribution in [0.2, 0.25) is 0 Å². The molecule has 0 aliphatic carbocycles. The summed E-state index contributed by atoms with van der Waals surface area (Å²) in [5, 5.41) is 0. The molecular formula is C24H25F3O4. The molecule has 0 N–H and O–H groups in total. The first-order valence-electron chi connectivity index (χ1n) is 9.94. The molecule has 0 fully saturated rings. The van der Waals surface area contributed by atoms with Gasteiger partial charge in [0.25, 0.3) is 0 Å². The van der Waals surface area contributed by atoms with Gasteiger partial charge in [-0.1, -0.05) is 66.7 Å². The van der Waals surface area contributed by atoms with E-state index in [0.717, 1.165) is 6.08 Å². The van der Waals surface area contributed by atoms with Crippen LogP contribution in [0.15, 0.2) is 72.8 Å². The number of benzene rings is 2. The van der Waals surface area contributed by atoms with Gasteiger partial charge < -0.3 is 9.47 Å². The Balaban J connectivity index is 2.78. The molecule has 4 nitrogen and oxygen atoms in total. The zero-order valence-electron chi connectivity index (χ0n) is 17.4. The van der Waals surface area contributed by atoms with E-state index >= 15 is 0 Å². The molecule has 0 spiro atoms. The summed E-state index contributed by atoms with van der Waals surface area (Å²) in [6.45, 7) is 3.05. The normalized spacial score (nSPS) is 13.1. The van der Waals surface area contributed by atoms with Crippen LogP contribution in [0.25, 0.3) is 0 Å². The average molecular weight is 434 g/mol. The maximum Gasteiger partial charge on any atom is 0.409 e. The largest absolute Gasteiger partial charge is 0.465 e. The summed E-state index contributed by atoms with van der Waals surface area (Å²) >= 11 is 0. The van der Waals surface area contributed by atoms with Gasteiger partial charge in [-0.3, -0.25) is 9.59 Å². The minimum Gasteiger partial charge on any atom is -0.465 e. The second kappa shape index (κ2) is 10.8. The molecule has 7 heteroatoms. The van der Waals surface area contributed by atoms with Gasteiger partial charge in [-0.05, 0) is 25.0 Å². The highest BCUT2D eigenvalue weighted by Gasteiger charge is 2.55. The van der Waals surface area contributed by atoms with Crippen LogP contribution in [-0.2, 0) is 25.5 Å². The van der Waals surface area contributed by atoms with Gasteiger partial charge in [0.2, 0.25) is 0 Å². The van der Waals surface area contributed by atoms with Crippen LogP contribution in [0.3, 0.4) is 0 Å². The third kappa shape index (κ3) is 6.20. The third-order valence-corrected chi connectivity index (χ3v) is 4.77. The van der Waals surface area contributed by atoms with Crippen LogP contribution in [0, 0.1) is 5.41 Å². The summed E-state index contributed by atoms with van der Waals surface area (Å²) in [6, 6.07) is 16.7. The van der Waals surface area contributed by atoms with Crippen molar-refractivity contribution in [1.29, 1.82) is 0 Å². The van der Waals surface area contributed by atoms with Crippen LogP contribution in [-0.4, -0.2) is 31.3 Å². The molecule has 0 saturated heterocycles. The summed E-state index contributed by atoms with van der Waals surface area (Å²) in [7, 11) is 0. The molecular weight excluding hydrogens is 409 g/mol. The molecule has 0 unspecified atom stereocenters. The molecule has 0 aliphatic heterocycles. The molecule has 0 amide bonds. The number of hydrogen-bond donors (Lipinski definition) is 0. The number of hydrogen-bond acceptors (Lipinski definition) is 4. The van der Waals surface area contributed by atoms with Crippen molar-refractivity contribution in [2.45, 2.75) is 32.4 Å². The summed E-state index contributed by atoms with van der Waals surface area (Å²) in [5.74, 6) is -3.13. The van der Waals surface area contributed by atoms with E-state index in [-0.39, 0.29) is 25.7 Å². The zero-order chi connectivity index (χ0) is 22.9. The lowest BCUT2D eigenvalue weighted by Crippen LogP contribution is -2.48.